The number of ether oxygens (including phenoxy) is 1. The first-order valence-electron chi connectivity index (χ1n) is 8.32. The number of sulfone groups is 1. The van der Waals surface area contributed by atoms with Crippen LogP contribution in [0.3, 0.4) is 0 Å². The Kier molecular flexibility index (Phi) is 5.92. The number of benzene rings is 1. The van der Waals surface area contributed by atoms with E-state index in [4.69, 9.17) is 17.0 Å². The quantitative estimate of drug-likeness (QED) is 0.553. The van der Waals surface area contributed by atoms with E-state index in [1.54, 1.807) is 32.2 Å². The van der Waals surface area contributed by atoms with Crippen LogP contribution >= 0.6 is 24.0 Å². The molecule has 2 amide bonds. The van der Waals surface area contributed by atoms with Gasteiger partial charge in [-0.2, -0.15) is 0 Å². The maximum absolute atomic E-state index is 12.8. The Morgan fingerprint density at radius 2 is 2.21 bits per heavy atom. The number of hydrogen-bond acceptors (Lipinski definition) is 7. The summed E-state index contributed by atoms with van der Waals surface area (Å²) in [7, 11) is -1.72. The first-order chi connectivity index (χ1) is 13.2. The Balaban J connectivity index is 1.73. The van der Waals surface area contributed by atoms with E-state index in [1.165, 1.54) is 11.0 Å². The van der Waals surface area contributed by atoms with E-state index in [0.717, 1.165) is 22.7 Å². The number of nitrogens with zero attached hydrogens (tertiary/aromatic N) is 1. The van der Waals surface area contributed by atoms with E-state index in [1.807, 2.05) is 12.1 Å². The first kappa shape index (κ1) is 20.6. The van der Waals surface area contributed by atoms with Crippen LogP contribution in [-0.2, 0) is 19.4 Å². The second kappa shape index (κ2) is 8.06. The Bertz CT molecular complexity index is 1000. The molecule has 148 valence electrons. The lowest BCUT2D eigenvalue weighted by Crippen LogP contribution is -2.49. The zero-order valence-electron chi connectivity index (χ0n) is 15.1. The molecule has 1 aromatic carbocycles. The molecule has 0 aromatic heterocycles. The van der Waals surface area contributed by atoms with Gasteiger partial charge in [0.05, 0.1) is 23.8 Å². The highest BCUT2D eigenvalue weighted by atomic mass is 32.2. The summed E-state index contributed by atoms with van der Waals surface area (Å²) in [6.45, 7) is 1.56. The zero-order chi connectivity index (χ0) is 20.5. The number of hydrogen-bond donors (Lipinski definition) is 1. The minimum Gasteiger partial charge on any atom is -0.497 e. The fraction of sp³-hybridized carbons (Fsp3) is 0.278. The molecule has 10 heteroatoms. The van der Waals surface area contributed by atoms with E-state index in [2.05, 4.69) is 5.32 Å². The molecular weight excluding hydrogens is 420 g/mol. The van der Waals surface area contributed by atoms with Crippen LogP contribution in [0.25, 0.3) is 6.08 Å². The zero-order valence-corrected chi connectivity index (χ0v) is 17.6. The molecule has 0 spiro atoms. The second-order valence-corrected chi connectivity index (χ2v) is 9.88. The van der Waals surface area contributed by atoms with Crippen LogP contribution in [0, 0.1) is 0 Å². The van der Waals surface area contributed by atoms with Crippen molar-refractivity contribution >= 4 is 56.0 Å². The van der Waals surface area contributed by atoms with Gasteiger partial charge in [-0.25, -0.2) is 8.42 Å². The van der Waals surface area contributed by atoms with Crippen LogP contribution in [0.1, 0.15) is 12.5 Å². The molecule has 28 heavy (non-hydrogen) atoms. The molecule has 7 nitrogen and oxygen atoms in total. The third-order valence-electron chi connectivity index (χ3n) is 4.24. The predicted octanol–water partition coefficient (Wildman–Crippen LogP) is 1.71. The number of thiocarbonyl (C=S) groups is 1. The van der Waals surface area contributed by atoms with Gasteiger partial charge in [-0.15, -0.1) is 0 Å². The number of carbonyl (C=O) groups is 2. The van der Waals surface area contributed by atoms with E-state index in [0.29, 0.717) is 10.7 Å². The third kappa shape index (κ3) is 4.45. The lowest BCUT2D eigenvalue weighted by molar-refractivity contribution is -0.132. The van der Waals surface area contributed by atoms with Crippen molar-refractivity contribution in [2.24, 2.45) is 0 Å². The van der Waals surface area contributed by atoms with Crippen LogP contribution < -0.4 is 10.1 Å². The van der Waals surface area contributed by atoms with Gasteiger partial charge >= 0.3 is 0 Å². The molecule has 0 saturated carbocycles. The highest BCUT2D eigenvalue weighted by Crippen LogP contribution is 2.34. The summed E-state index contributed by atoms with van der Waals surface area (Å²) in [6, 6.07) is 5.76. The number of thioether (sulfide) groups is 1. The highest BCUT2D eigenvalue weighted by Gasteiger charge is 2.39. The van der Waals surface area contributed by atoms with E-state index in [9.17, 15) is 18.0 Å². The largest absolute Gasteiger partial charge is 0.497 e. The van der Waals surface area contributed by atoms with Gasteiger partial charge in [0.25, 0.3) is 5.91 Å². The molecule has 0 aliphatic carbocycles. The summed E-state index contributed by atoms with van der Waals surface area (Å²) in [4.78, 5) is 26.9. The number of amides is 2. The summed E-state index contributed by atoms with van der Waals surface area (Å²) in [5, 5.41) is 3.71. The minimum atomic E-state index is -3.28. The van der Waals surface area contributed by atoms with Crippen molar-refractivity contribution in [1.82, 2.24) is 10.2 Å². The average Bonchev–Trinajstić information content (AvgIpc) is 3.12. The summed E-state index contributed by atoms with van der Waals surface area (Å²) in [6.07, 6.45) is 3.12. The molecule has 2 atom stereocenters. The fourth-order valence-corrected chi connectivity index (χ4v) is 5.44. The molecular formula is C18H18N2O5S3. The lowest BCUT2D eigenvalue weighted by atomic mass is 10.2. The van der Waals surface area contributed by atoms with Gasteiger partial charge in [0.1, 0.15) is 16.1 Å². The number of nitrogens with one attached hydrogen (secondary N) is 1. The van der Waals surface area contributed by atoms with Crippen molar-refractivity contribution in [2.45, 2.75) is 19.0 Å². The summed E-state index contributed by atoms with van der Waals surface area (Å²) < 4.78 is 28.4. The van der Waals surface area contributed by atoms with Crippen molar-refractivity contribution < 1.29 is 22.7 Å². The first-order valence-corrected chi connectivity index (χ1v) is 11.3. The molecule has 2 aliphatic heterocycles. The smallest absolute Gasteiger partial charge is 0.266 e. The predicted molar refractivity (Wildman–Crippen MR) is 112 cm³/mol. The summed E-state index contributed by atoms with van der Waals surface area (Å²) in [5.41, 5.74) is 0.776. The second-order valence-electron chi connectivity index (χ2n) is 6.28. The van der Waals surface area contributed by atoms with Crippen LogP contribution in [0.4, 0.5) is 0 Å². The number of rotatable bonds is 5. The molecule has 0 bridgehead atoms. The molecule has 1 fully saturated rings. The monoisotopic (exact) mass is 438 g/mol. The summed E-state index contributed by atoms with van der Waals surface area (Å²) >= 11 is 6.40. The normalized spacial score (nSPS) is 23.3. The van der Waals surface area contributed by atoms with Gasteiger partial charge in [0, 0.05) is 5.41 Å². The van der Waals surface area contributed by atoms with Crippen LogP contribution in [-0.4, -0.2) is 54.4 Å². The molecule has 1 N–H and O–H groups in total. The SMILES string of the molecule is COc1cccc(/C=C2\SC(=S)N([C@@H](C)C(=O)N[C@H]3C=CS(=O)(=O)C3)C2=O)c1. The van der Waals surface area contributed by atoms with E-state index in [-0.39, 0.29) is 16.0 Å². The molecule has 0 unspecified atom stereocenters. The molecule has 1 aromatic rings. The van der Waals surface area contributed by atoms with Crippen LogP contribution in [0.5, 0.6) is 5.75 Å². The van der Waals surface area contributed by atoms with Crippen molar-refractivity contribution in [3.63, 3.8) is 0 Å². The molecule has 2 heterocycles. The van der Waals surface area contributed by atoms with Gasteiger partial charge in [-0.05, 0) is 36.8 Å². The topological polar surface area (TPSA) is 92.8 Å². The molecule has 3 rings (SSSR count). The van der Waals surface area contributed by atoms with Gasteiger partial charge in [0.15, 0.2) is 9.84 Å². The van der Waals surface area contributed by atoms with Crippen molar-refractivity contribution in [3.05, 3.63) is 46.2 Å². The van der Waals surface area contributed by atoms with Crippen molar-refractivity contribution in [3.8, 4) is 5.75 Å². The van der Waals surface area contributed by atoms with Gasteiger partial charge in [-0.3, -0.25) is 14.5 Å². The van der Waals surface area contributed by atoms with Gasteiger partial charge in [-0.1, -0.05) is 36.1 Å². The van der Waals surface area contributed by atoms with Crippen LogP contribution in [0.2, 0.25) is 0 Å². The van der Waals surface area contributed by atoms with Gasteiger partial charge < -0.3 is 10.1 Å². The minimum absolute atomic E-state index is 0.181. The van der Waals surface area contributed by atoms with Gasteiger partial charge in [0.2, 0.25) is 5.91 Å². The Labute approximate surface area is 172 Å². The fourth-order valence-electron chi connectivity index (χ4n) is 2.78. The highest BCUT2D eigenvalue weighted by molar-refractivity contribution is 8.26. The Morgan fingerprint density at radius 3 is 2.86 bits per heavy atom. The van der Waals surface area contributed by atoms with E-state index < -0.39 is 27.8 Å². The lowest BCUT2D eigenvalue weighted by Gasteiger charge is -2.23. The average molecular weight is 439 g/mol. The standard InChI is InChI=1S/C18H18N2O5S3/c1-11(16(21)19-13-6-7-28(23,24)10-13)20-17(22)15(27-18(20)26)9-12-4-3-5-14(8-12)25-2/h3-9,11,13H,10H2,1-2H3,(H,19,21)/b15-9-/t11-,13-/m0/s1. The number of methoxy groups -OCH3 is 1. The van der Waals surface area contributed by atoms with Crippen molar-refractivity contribution in [1.29, 1.82) is 0 Å². The number of carbonyl (C=O) groups excluding carboxylic acids is 2. The Morgan fingerprint density at radius 1 is 1.46 bits per heavy atom. The Hall–Kier alpha value is -2.17. The molecule has 0 radical (unpaired) electrons. The third-order valence-corrected chi connectivity index (χ3v) is 6.97. The molecule has 1 saturated heterocycles. The maximum Gasteiger partial charge on any atom is 0.266 e. The maximum atomic E-state index is 12.8. The van der Waals surface area contributed by atoms with Crippen LogP contribution in [0.15, 0.2) is 40.7 Å². The molecule has 2 aliphatic rings. The summed E-state index contributed by atoms with van der Waals surface area (Å²) in [5.74, 6) is -0.350. The van der Waals surface area contributed by atoms with E-state index >= 15 is 0 Å². The van der Waals surface area contributed by atoms with Crippen molar-refractivity contribution in [2.75, 3.05) is 12.9 Å².